The number of nitrogens with two attached hydrogens (primary N) is 1. The van der Waals surface area contributed by atoms with E-state index in [0.29, 0.717) is 30.9 Å². The molecule has 0 heterocycles. The topological polar surface area (TPSA) is 55.1 Å². The molecule has 0 saturated carbocycles. The van der Waals surface area contributed by atoms with Gasteiger partial charge in [0.25, 0.3) is 5.91 Å². The minimum absolute atomic E-state index is 0.269. The van der Waals surface area contributed by atoms with E-state index in [2.05, 4.69) is 37.2 Å². The van der Waals surface area contributed by atoms with Gasteiger partial charge in [0.2, 0.25) is 0 Å². The molecule has 1 amide bonds. The molecule has 2 aromatic carbocycles. The molecule has 3 N–H and O–H groups in total. The average Bonchev–Trinajstić information content (AvgIpc) is 2.36. The van der Waals surface area contributed by atoms with E-state index in [1.807, 2.05) is 0 Å². The van der Waals surface area contributed by atoms with Gasteiger partial charge in [-0.05, 0) is 56.1 Å². The molecule has 0 fully saturated rings. The third kappa shape index (κ3) is 3.29. The van der Waals surface area contributed by atoms with E-state index >= 15 is 0 Å². The van der Waals surface area contributed by atoms with Gasteiger partial charge in [-0.1, -0.05) is 23.7 Å². The predicted octanol–water partition coefficient (Wildman–Crippen LogP) is 4.70. The molecule has 0 radical (unpaired) electrons. The lowest BCUT2D eigenvalue weighted by atomic mass is 10.2. The fourth-order valence-corrected chi connectivity index (χ4v) is 2.91. The quantitative estimate of drug-likeness (QED) is 0.713. The van der Waals surface area contributed by atoms with E-state index in [-0.39, 0.29) is 5.91 Å². The summed E-state index contributed by atoms with van der Waals surface area (Å²) in [6, 6.07) is 10.3. The summed E-state index contributed by atoms with van der Waals surface area (Å²) in [4.78, 5) is 12.1. The van der Waals surface area contributed by atoms with E-state index in [1.54, 1.807) is 36.4 Å². The van der Waals surface area contributed by atoms with Crippen molar-refractivity contribution >= 4 is 60.7 Å². The average molecular weight is 404 g/mol. The Labute approximate surface area is 132 Å². The number of rotatable bonds is 2. The molecule has 0 aliphatic carbocycles. The van der Waals surface area contributed by atoms with Gasteiger partial charge in [0, 0.05) is 14.6 Å². The first-order chi connectivity index (χ1) is 8.99. The van der Waals surface area contributed by atoms with Crippen molar-refractivity contribution in [1.29, 1.82) is 0 Å². The van der Waals surface area contributed by atoms with Crippen molar-refractivity contribution in [2.75, 3.05) is 11.1 Å². The van der Waals surface area contributed by atoms with Crippen molar-refractivity contribution in [2.45, 2.75) is 0 Å². The molecule has 0 aliphatic rings. The molecular formula is C13H9Br2ClN2O. The molecule has 19 heavy (non-hydrogen) atoms. The fraction of sp³-hybridized carbons (Fsp3) is 0. The Morgan fingerprint density at radius 3 is 2.32 bits per heavy atom. The lowest BCUT2D eigenvalue weighted by Gasteiger charge is -2.09. The first-order valence-electron chi connectivity index (χ1n) is 5.29. The number of carbonyl (C=O) groups is 1. The van der Waals surface area contributed by atoms with Crippen LogP contribution in [0.25, 0.3) is 0 Å². The summed E-state index contributed by atoms with van der Waals surface area (Å²) in [6.45, 7) is 0. The number of benzene rings is 2. The molecule has 0 aliphatic heterocycles. The number of hydrogen-bond acceptors (Lipinski definition) is 2. The molecule has 2 rings (SSSR count). The molecular weight excluding hydrogens is 395 g/mol. The highest BCUT2D eigenvalue weighted by atomic mass is 79.9. The fourth-order valence-electron chi connectivity index (χ4n) is 1.50. The summed E-state index contributed by atoms with van der Waals surface area (Å²) in [5, 5.41) is 3.18. The van der Waals surface area contributed by atoms with Gasteiger partial charge in [-0.2, -0.15) is 0 Å². The van der Waals surface area contributed by atoms with Crippen LogP contribution >= 0.6 is 43.5 Å². The van der Waals surface area contributed by atoms with Crippen LogP contribution in [0.3, 0.4) is 0 Å². The Morgan fingerprint density at radius 1 is 1.16 bits per heavy atom. The van der Waals surface area contributed by atoms with E-state index < -0.39 is 0 Å². The van der Waals surface area contributed by atoms with Gasteiger partial charge in [0.05, 0.1) is 16.3 Å². The summed E-state index contributed by atoms with van der Waals surface area (Å²) in [5.41, 5.74) is 7.42. The SMILES string of the molecule is Nc1c(Br)cc(NC(=O)c2ccccc2Cl)cc1Br. The molecule has 0 spiro atoms. The van der Waals surface area contributed by atoms with Crippen LogP contribution < -0.4 is 11.1 Å². The molecule has 2 aromatic rings. The third-order valence-corrected chi connectivity index (χ3v) is 4.10. The van der Waals surface area contributed by atoms with Gasteiger partial charge >= 0.3 is 0 Å². The van der Waals surface area contributed by atoms with E-state index in [4.69, 9.17) is 17.3 Å². The van der Waals surface area contributed by atoms with Crippen molar-refractivity contribution in [3.05, 3.63) is 55.9 Å². The summed E-state index contributed by atoms with van der Waals surface area (Å²) >= 11 is 12.6. The first kappa shape index (κ1) is 14.4. The van der Waals surface area contributed by atoms with Crippen molar-refractivity contribution in [2.24, 2.45) is 0 Å². The van der Waals surface area contributed by atoms with Gasteiger partial charge in [-0.25, -0.2) is 0 Å². The maximum atomic E-state index is 12.1. The zero-order valence-corrected chi connectivity index (χ0v) is 13.5. The number of nitrogens with one attached hydrogen (secondary N) is 1. The second-order valence-electron chi connectivity index (χ2n) is 3.79. The minimum Gasteiger partial charge on any atom is -0.397 e. The Morgan fingerprint density at radius 2 is 1.74 bits per heavy atom. The van der Waals surface area contributed by atoms with Gasteiger partial charge in [0.1, 0.15) is 0 Å². The summed E-state index contributed by atoms with van der Waals surface area (Å²) in [5.74, 6) is -0.269. The smallest absolute Gasteiger partial charge is 0.257 e. The Hall–Kier alpha value is -1.04. The molecule has 3 nitrogen and oxygen atoms in total. The number of carbonyl (C=O) groups excluding carboxylic acids is 1. The summed E-state index contributed by atoms with van der Waals surface area (Å²) in [6.07, 6.45) is 0. The first-order valence-corrected chi connectivity index (χ1v) is 7.26. The zero-order chi connectivity index (χ0) is 14.0. The maximum absolute atomic E-state index is 12.1. The van der Waals surface area contributed by atoms with Crippen LogP contribution in [0.5, 0.6) is 0 Å². The van der Waals surface area contributed by atoms with E-state index in [1.165, 1.54) is 0 Å². The molecule has 6 heteroatoms. The van der Waals surface area contributed by atoms with Crippen LogP contribution in [0.15, 0.2) is 45.3 Å². The molecule has 0 unspecified atom stereocenters. The number of amides is 1. The van der Waals surface area contributed by atoms with Crippen LogP contribution in [0.1, 0.15) is 10.4 Å². The monoisotopic (exact) mass is 402 g/mol. The van der Waals surface area contributed by atoms with Crippen molar-refractivity contribution in [3.8, 4) is 0 Å². The Kier molecular flexibility index (Phi) is 4.50. The summed E-state index contributed by atoms with van der Waals surface area (Å²) < 4.78 is 1.41. The number of halogens is 3. The number of hydrogen-bond donors (Lipinski definition) is 2. The van der Waals surface area contributed by atoms with Crippen LogP contribution in [-0.4, -0.2) is 5.91 Å². The zero-order valence-electron chi connectivity index (χ0n) is 9.58. The Bertz CT molecular complexity index is 623. The van der Waals surface area contributed by atoms with Crippen LogP contribution in [0.2, 0.25) is 5.02 Å². The summed E-state index contributed by atoms with van der Waals surface area (Å²) in [7, 11) is 0. The van der Waals surface area contributed by atoms with Crippen LogP contribution in [0, 0.1) is 0 Å². The molecule has 98 valence electrons. The standard InChI is InChI=1S/C13H9Br2ClN2O/c14-9-5-7(6-10(15)12(9)17)18-13(19)8-3-1-2-4-11(8)16/h1-6H,17H2,(H,18,19). The molecule has 0 aromatic heterocycles. The molecule has 0 atom stereocenters. The van der Waals surface area contributed by atoms with Crippen molar-refractivity contribution < 1.29 is 4.79 Å². The maximum Gasteiger partial charge on any atom is 0.257 e. The molecule has 0 saturated heterocycles. The largest absolute Gasteiger partial charge is 0.397 e. The highest BCUT2D eigenvalue weighted by molar-refractivity contribution is 9.11. The highest BCUT2D eigenvalue weighted by Gasteiger charge is 2.11. The predicted molar refractivity (Wildman–Crippen MR) is 85.7 cm³/mol. The normalized spacial score (nSPS) is 10.3. The highest BCUT2D eigenvalue weighted by Crippen LogP contribution is 2.32. The van der Waals surface area contributed by atoms with Crippen molar-refractivity contribution in [1.82, 2.24) is 0 Å². The van der Waals surface area contributed by atoms with Crippen molar-refractivity contribution in [3.63, 3.8) is 0 Å². The lowest BCUT2D eigenvalue weighted by molar-refractivity contribution is 0.102. The van der Waals surface area contributed by atoms with E-state index in [9.17, 15) is 4.79 Å². The minimum atomic E-state index is -0.269. The number of nitrogen functional groups attached to an aromatic ring is 1. The van der Waals surface area contributed by atoms with Gasteiger partial charge in [-0.3, -0.25) is 4.79 Å². The number of anilines is 2. The van der Waals surface area contributed by atoms with Gasteiger partial charge in [-0.15, -0.1) is 0 Å². The third-order valence-electron chi connectivity index (χ3n) is 2.46. The molecule has 0 bridgehead atoms. The lowest BCUT2D eigenvalue weighted by Crippen LogP contribution is -2.12. The van der Waals surface area contributed by atoms with Gasteiger partial charge < -0.3 is 11.1 Å². The van der Waals surface area contributed by atoms with E-state index in [0.717, 1.165) is 0 Å². The second kappa shape index (κ2) is 5.94. The van der Waals surface area contributed by atoms with Crippen LogP contribution in [0.4, 0.5) is 11.4 Å². The van der Waals surface area contributed by atoms with Crippen LogP contribution in [-0.2, 0) is 0 Å². The Balaban J connectivity index is 2.27. The second-order valence-corrected chi connectivity index (χ2v) is 5.90. The van der Waals surface area contributed by atoms with Gasteiger partial charge in [0.15, 0.2) is 0 Å².